The molecule has 7 nitrogen and oxygen atoms in total. The highest BCUT2D eigenvalue weighted by molar-refractivity contribution is 14.1. The van der Waals surface area contributed by atoms with Crippen LogP contribution in [0.15, 0.2) is 30.6 Å². The average Bonchev–Trinajstić information content (AvgIpc) is 2.41. The Kier molecular flexibility index (Phi) is 4.45. The predicted octanol–water partition coefficient (Wildman–Crippen LogP) is 2.90. The molecule has 0 bridgehead atoms. The van der Waals surface area contributed by atoms with Crippen LogP contribution in [-0.4, -0.2) is 20.8 Å². The normalized spacial score (nSPS) is 10.1. The first-order valence-electron chi connectivity index (χ1n) is 5.20. The van der Waals surface area contributed by atoms with E-state index in [2.05, 4.69) is 37.9 Å². The third-order valence-corrected chi connectivity index (χ3v) is 3.10. The average molecular weight is 405 g/mol. The van der Waals surface area contributed by atoms with Gasteiger partial charge in [-0.1, -0.05) is 11.6 Å². The van der Waals surface area contributed by atoms with Crippen LogP contribution in [0.5, 0.6) is 0 Å². The van der Waals surface area contributed by atoms with E-state index >= 15 is 0 Å². The molecule has 2 aromatic heterocycles. The number of aromatic nitrogens is 2. The van der Waals surface area contributed by atoms with Gasteiger partial charge < -0.3 is 5.32 Å². The Hall–Kier alpha value is -1.81. The van der Waals surface area contributed by atoms with Gasteiger partial charge in [0, 0.05) is 9.77 Å². The molecule has 0 aliphatic rings. The molecule has 0 spiro atoms. The van der Waals surface area contributed by atoms with Gasteiger partial charge in [-0.2, -0.15) is 0 Å². The van der Waals surface area contributed by atoms with Crippen LogP contribution >= 0.6 is 34.2 Å². The van der Waals surface area contributed by atoms with Crippen molar-refractivity contribution in [2.45, 2.75) is 0 Å². The molecule has 0 radical (unpaired) electrons. The maximum Gasteiger partial charge on any atom is 0.300 e. The van der Waals surface area contributed by atoms with E-state index < -0.39 is 16.5 Å². The number of hydrogen-bond donors (Lipinski definition) is 1. The van der Waals surface area contributed by atoms with Gasteiger partial charge in [-0.25, -0.2) is 9.97 Å². The Morgan fingerprint density at radius 1 is 1.35 bits per heavy atom. The van der Waals surface area contributed by atoms with Crippen LogP contribution in [0.4, 0.5) is 11.5 Å². The molecule has 0 atom stereocenters. The van der Waals surface area contributed by atoms with Gasteiger partial charge in [0.2, 0.25) is 0 Å². The number of hydrogen-bond acceptors (Lipinski definition) is 5. The summed E-state index contributed by atoms with van der Waals surface area (Å²) in [7, 11) is 0. The molecule has 9 heteroatoms. The number of nitrogens with one attached hydrogen (secondary N) is 1. The first-order valence-corrected chi connectivity index (χ1v) is 6.66. The quantitative estimate of drug-likeness (QED) is 0.367. The van der Waals surface area contributed by atoms with Crippen LogP contribution < -0.4 is 5.32 Å². The third-order valence-electron chi connectivity index (χ3n) is 2.26. The molecule has 2 heterocycles. The van der Waals surface area contributed by atoms with Gasteiger partial charge in [0.1, 0.15) is 22.7 Å². The molecule has 1 amide bonds. The Bertz CT molecular complexity index is 678. The molecule has 0 saturated heterocycles. The van der Waals surface area contributed by atoms with Gasteiger partial charge in [-0.05, 0) is 40.8 Å². The molecule has 2 aromatic rings. The van der Waals surface area contributed by atoms with Crippen molar-refractivity contribution in [2.24, 2.45) is 0 Å². The monoisotopic (exact) mass is 404 g/mol. The largest absolute Gasteiger partial charge is 0.306 e. The van der Waals surface area contributed by atoms with E-state index in [0.29, 0.717) is 0 Å². The van der Waals surface area contributed by atoms with Gasteiger partial charge in [0.05, 0.1) is 4.92 Å². The van der Waals surface area contributed by atoms with Crippen molar-refractivity contribution >= 4 is 51.6 Å². The second-order valence-corrected chi connectivity index (χ2v) is 5.23. The lowest BCUT2D eigenvalue weighted by molar-refractivity contribution is -0.385. The van der Waals surface area contributed by atoms with Gasteiger partial charge >= 0.3 is 0 Å². The smallest absolute Gasteiger partial charge is 0.300 e. The predicted molar refractivity (Wildman–Crippen MR) is 80.8 cm³/mol. The first-order chi connectivity index (χ1) is 9.47. The lowest BCUT2D eigenvalue weighted by atomic mass is 10.2. The summed E-state index contributed by atoms with van der Waals surface area (Å²) in [5.41, 5.74) is -0.590. The van der Waals surface area contributed by atoms with Crippen LogP contribution in [0.3, 0.4) is 0 Å². The van der Waals surface area contributed by atoms with Gasteiger partial charge in [-0.3, -0.25) is 14.9 Å². The van der Waals surface area contributed by atoms with Crippen molar-refractivity contribution in [3.63, 3.8) is 0 Å². The van der Waals surface area contributed by atoms with Crippen molar-refractivity contribution in [3.8, 4) is 0 Å². The van der Waals surface area contributed by atoms with Crippen LogP contribution in [-0.2, 0) is 0 Å². The van der Waals surface area contributed by atoms with E-state index in [0.717, 1.165) is 15.8 Å². The highest BCUT2D eigenvalue weighted by atomic mass is 127. The van der Waals surface area contributed by atoms with E-state index in [9.17, 15) is 14.9 Å². The number of carbonyl (C=O) groups is 1. The maximum atomic E-state index is 12.0. The summed E-state index contributed by atoms with van der Waals surface area (Å²) in [5.74, 6) is -0.382. The first kappa shape index (κ1) is 14.6. The zero-order valence-electron chi connectivity index (χ0n) is 9.71. The SMILES string of the molecule is O=C(Nc1ccc(I)cn1)c1cc(Cl)ncc1[N+](=O)[O-]. The molecular weight excluding hydrogens is 399 g/mol. The Labute approximate surface area is 131 Å². The highest BCUT2D eigenvalue weighted by Gasteiger charge is 2.21. The Morgan fingerprint density at radius 3 is 2.70 bits per heavy atom. The zero-order valence-corrected chi connectivity index (χ0v) is 12.6. The molecule has 102 valence electrons. The fourth-order valence-electron chi connectivity index (χ4n) is 1.38. The van der Waals surface area contributed by atoms with Crippen LogP contribution in [0.2, 0.25) is 5.15 Å². The molecule has 0 aliphatic carbocycles. The number of halogens is 2. The molecular formula is C11H6ClIN4O3. The summed E-state index contributed by atoms with van der Waals surface area (Å²) in [5, 5.41) is 13.3. The molecule has 2 rings (SSSR count). The summed E-state index contributed by atoms with van der Waals surface area (Å²) in [6, 6.07) is 4.48. The van der Waals surface area contributed by atoms with Crippen molar-refractivity contribution in [1.29, 1.82) is 0 Å². The van der Waals surface area contributed by atoms with Crippen LogP contribution in [0.25, 0.3) is 0 Å². The lowest BCUT2D eigenvalue weighted by Crippen LogP contribution is -2.15. The fourth-order valence-corrected chi connectivity index (χ4v) is 1.86. The van der Waals surface area contributed by atoms with Crippen molar-refractivity contribution in [2.75, 3.05) is 5.32 Å². The lowest BCUT2D eigenvalue weighted by Gasteiger charge is -2.05. The topological polar surface area (TPSA) is 98.0 Å². The standard InChI is InChI=1S/C11H6ClIN4O3/c12-9-3-7(8(5-14-9)17(19)20)11(18)16-10-2-1-6(13)4-15-10/h1-5H,(H,15,16,18). The third kappa shape index (κ3) is 3.39. The summed E-state index contributed by atoms with van der Waals surface area (Å²) in [6.45, 7) is 0. The van der Waals surface area contributed by atoms with E-state index in [1.165, 1.54) is 0 Å². The van der Waals surface area contributed by atoms with Gasteiger partial charge in [0.25, 0.3) is 11.6 Å². The van der Waals surface area contributed by atoms with Crippen LogP contribution in [0.1, 0.15) is 10.4 Å². The number of carbonyl (C=O) groups excluding carboxylic acids is 1. The number of nitro groups is 1. The van der Waals surface area contributed by atoms with Crippen molar-refractivity contribution in [1.82, 2.24) is 9.97 Å². The number of rotatable bonds is 3. The molecule has 0 aliphatic heterocycles. The number of pyridine rings is 2. The minimum absolute atomic E-state index is 0.00341. The fraction of sp³-hybridized carbons (Fsp3) is 0. The zero-order chi connectivity index (χ0) is 14.7. The second-order valence-electron chi connectivity index (χ2n) is 3.60. The Balaban J connectivity index is 2.31. The molecule has 0 unspecified atom stereocenters. The maximum absolute atomic E-state index is 12.0. The highest BCUT2D eigenvalue weighted by Crippen LogP contribution is 2.21. The minimum atomic E-state index is -0.695. The Morgan fingerprint density at radius 2 is 2.10 bits per heavy atom. The van der Waals surface area contributed by atoms with E-state index in [4.69, 9.17) is 11.6 Å². The minimum Gasteiger partial charge on any atom is -0.306 e. The summed E-state index contributed by atoms with van der Waals surface area (Å²) >= 11 is 7.73. The number of nitrogens with zero attached hydrogens (tertiary/aromatic N) is 3. The van der Waals surface area contributed by atoms with Crippen molar-refractivity contribution < 1.29 is 9.72 Å². The number of amides is 1. The van der Waals surface area contributed by atoms with Gasteiger partial charge in [-0.15, -0.1) is 0 Å². The molecule has 0 fully saturated rings. The van der Waals surface area contributed by atoms with E-state index in [1.807, 2.05) is 0 Å². The van der Waals surface area contributed by atoms with E-state index in [1.54, 1.807) is 18.3 Å². The van der Waals surface area contributed by atoms with Crippen molar-refractivity contribution in [3.05, 3.63) is 55.0 Å². The molecule has 1 N–H and O–H groups in total. The van der Waals surface area contributed by atoms with Gasteiger partial charge in [0.15, 0.2) is 0 Å². The number of anilines is 1. The molecule has 0 aromatic carbocycles. The summed E-state index contributed by atoms with van der Waals surface area (Å²) in [4.78, 5) is 29.8. The van der Waals surface area contributed by atoms with Crippen LogP contribution in [0, 0.1) is 13.7 Å². The summed E-state index contributed by atoms with van der Waals surface area (Å²) in [6.07, 6.45) is 2.50. The summed E-state index contributed by atoms with van der Waals surface area (Å²) < 4.78 is 0.901. The second kappa shape index (κ2) is 6.09. The molecule has 0 saturated carbocycles. The molecule has 20 heavy (non-hydrogen) atoms. The van der Waals surface area contributed by atoms with E-state index in [-0.39, 0.29) is 16.5 Å².